The smallest absolute Gasteiger partial charge is 0.139 e. The number of methoxy groups -OCH3 is 1. The summed E-state index contributed by atoms with van der Waals surface area (Å²) < 4.78 is 5.04. The van der Waals surface area contributed by atoms with Crippen molar-refractivity contribution in [2.75, 3.05) is 32.2 Å². The largest absolute Gasteiger partial charge is 0.384 e. The van der Waals surface area contributed by atoms with Gasteiger partial charge in [0.25, 0.3) is 0 Å². The Kier molecular flexibility index (Phi) is 4.45. The number of aromatic nitrogens is 1. The first kappa shape index (κ1) is 13.4. The second-order valence-corrected chi connectivity index (χ2v) is 4.11. The molecule has 1 rings (SSSR count). The fourth-order valence-electron chi connectivity index (χ4n) is 1.76. The van der Waals surface area contributed by atoms with Crippen molar-refractivity contribution in [3.05, 3.63) is 22.9 Å². The molecule has 0 saturated heterocycles. The van der Waals surface area contributed by atoms with Crippen LogP contribution in [0, 0.1) is 19.3 Å². The van der Waals surface area contributed by atoms with Gasteiger partial charge >= 0.3 is 0 Å². The van der Waals surface area contributed by atoms with Gasteiger partial charge in [-0.05, 0) is 25.5 Å². The van der Waals surface area contributed by atoms with Crippen LogP contribution in [0.25, 0.3) is 0 Å². The van der Waals surface area contributed by atoms with Crippen LogP contribution in [0.2, 0.25) is 0 Å². The maximum atomic E-state index is 7.64. The van der Waals surface area contributed by atoms with Crippen LogP contribution in [0.15, 0.2) is 6.07 Å². The Balaban J connectivity index is 3.15. The second-order valence-electron chi connectivity index (χ2n) is 4.11. The maximum absolute atomic E-state index is 7.64. The first-order chi connectivity index (χ1) is 7.97. The zero-order valence-electron chi connectivity index (χ0n) is 10.9. The third kappa shape index (κ3) is 3.17. The van der Waals surface area contributed by atoms with Gasteiger partial charge in [-0.1, -0.05) is 0 Å². The van der Waals surface area contributed by atoms with E-state index in [9.17, 15) is 0 Å². The fraction of sp³-hybridized carbons (Fsp3) is 0.500. The van der Waals surface area contributed by atoms with Gasteiger partial charge in [0, 0.05) is 26.4 Å². The Labute approximate surface area is 102 Å². The number of aryl methyl sites for hydroxylation is 2. The van der Waals surface area contributed by atoms with Crippen LogP contribution in [0.1, 0.15) is 16.8 Å². The van der Waals surface area contributed by atoms with Gasteiger partial charge in [-0.25, -0.2) is 4.98 Å². The molecule has 0 aliphatic heterocycles. The highest BCUT2D eigenvalue weighted by Gasteiger charge is 2.14. The summed E-state index contributed by atoms with van der Waals surface area (Å²) in [4.78, 5) is 6.42. The lowest BCUT2D eigenvalue weighted by Crippen LogP contribution is -2.27. The molecular formula is C12H20N4O. The van der Waals surface area contributed by atoms with Gasteiger partial charge in [0.15, 0.2) is 0 Å². The van der Waals surface area contributed by atoms with Crippen LogP contribution < -0.4 is 10.6 Å². The van der Waals surface area contributed by atoms with Crippen molar-refractivity contribution in [2.24, 2.45) is 5.73 Å². The van der Waals surface area contributed by atoms with E-state index in [2.05, 4.69) is 4.98 Å². The van der Waals surface area contributed by atoms with Gasteiger partial charge in [-0.3, -0.25) is 5.41 Å². The molecular weight excluding hydrogens is 216 g/mol. The number of likely N-dealkylation sites (N-methyl/N-ethyl adjacent to an activating group) is 1. The number of hydrogen-bond donors (Lipinski definition) is 2. The lowest BCUT2D eigenvalue weighted by Gasteiger charge is -2.22. The first-order valence-corrected chi connectivity index (χ1v) is 5.50. The van der Waals surface area contributed by atoms with Crippen molar-refractivity contribution in [1.82, 2.24) is 4.98 Å². The Bertz CT molecular complexity index is 417. The number of nitrogens with two attached hydrogens (primary N) is 1. The normalized spacial score (nSPS) is 10.4. The van der Waals surface area contributed by atoms with E-state index in [0.29, 0.717) is 18.7 Å². The van der Waals surface area contributed by atoms with E-state index in [1.165, 1.54) is 0 Å². The molecule has 0 spiro atoms. The lowest BCUT2D eigenvalue weighted by molar-refractivity contribution is 0.206. The minimum Gasteiger partial charge on any atom is -0.384 e. The highest BCUT2D eigenvalue weighted by molar-refractivity contribution is 6.01. The number of ether oxygens (including phenoxy) is 1. The molecule has 0 amide bonds. The summed E-state index contributed by atoms with van der Waals surface area (Å²) in [6.45, 7) is 5.21. The van der Waals surface area contributed by atoms with Crippen LogP contribution in [-0.4, -0.2) is 38.1 Å². The summed E-state index contributed by atoms with van der Waals surface area (Å²) in [6, 6.07) is 1.93. The predicted octanol–water partition coefficient (Wildman–Crippen LogP) is 1.07. The van der Waals surface area contributed by atoms with E-state index in [1.807, 2.05) is 31.9 Å². The van der Waals surface area contributed by atoms with Gasteiger partial charge in [0.05, 0.1) is 12.2 Å². The topological polar surface area (TPSA) is 75.2 Å². The monoisotopic (exact) mass is 236 g/mol. The van der Waals surface area contributed by atoms with E-state index in [0.717, 1.165) is 17.1 Å². The third-order valence-corrected chi connectivity index (χ3v) is 2.59. The van der Waals surface area contributed by atoms with Gasteiger partial charge in [-0.15, -0.1) is 0 Å². The van der Waals surface area contributed by atoms with Crippen LogP contribution in [0.3, 0.4) is 0 Å². The molecule has 0 radical (unpaired) electrons. The Hall–Kier alpha value is -1.62. The number of nitrogens with one attached hydrogen (secondary N) is 1. The molecule has 17 heavy (non-hydrogen) atoms. The SMILES string of the molecule is COCCN(C)c1nc(C)cc(C)c1C(=N)N. The molecule has 94 valence electrons. The summed E-state index contributed by atoms with van der Waals surface area (Å²) >= 11 is 0. The minimum atomic E-state index is 0.0502. The van der Waals surface area contributed by atoms with E-state index in [1.54, 1.807) is 7.11 Å². The van der Waals surface area contributed by atoms with Crippen molar-refractivity contribution >= 4 is 11.7 Å². The molecule has 1 heterocycles. The van der Waals surface area contributed by atoms with Gasteiger partial charge in [-0.2, -0.15) is 0 Å². The summed E-state index contributed by atoms with van der Waals surface area (Å²) in [6.07, 6.45) is 0. The molecule has 5 heteroatoms. The zero-order valence-corrected chi connectivity index (χ0v) is 10.9. The number of rotatable bonds is 5. The fourth-order valence-corrected chi connectivity index (χ4v) is 1.76. The third-order valence-electron chi connectivity index (χ3n) is 2.59. The van der Waals surface area contributed by atoms with Crippen molar-refractivity contribution < 1.29 is 4.74 Å². The van der Waals surface area contributed by atoms with Gasteiger partial charge < -0.3 is 15.4 Å². The molecule has 1 aromatic rings. The molecule has 0 aliphatic carbocycles. The Morgan fingerprint density at radius 3 is 2.71 bits per heavy atom. The average molecular weight is 236 g/mol. The number of amidine groups is 1. The van der Waals surface area contributed by atoms with E-state index < -0.39 is 0 Å². The highest BCUT2D eigenvalue weighted by atomic mass is 16.5. The molecule has 0 fully saturated rings. The number of pyridine rings is 1. The molecule has 0 aliphatic rings. The summed E-state index contributed by atoms with van der Waals surface area (Å²) in [5.74, 6) is 0.793. The standard InChI is InChI=1S/C12H20N4O/c1-8-7-9(2)15-12(10(8)11(13)14)16(3)5-6-17-4/h7H,5-6H2,1-4H3,(H3,13,14). The molecule has 1 aromatic heterocycles. The molecule has 0 atom stereocenters. The molecule has 0 aromatic carbocycles. The molecule has 0 unspecified atom stereocenters. The van der Waals surface area contributed by atoms with E-state index >= 15 is 0 Å². The maximum Gasteiger partial charge on any atom is 0.139 e. The average Bonchev–Trinajstić information content (AvgIpc) is 2.23. The molecule has 0 bridgehead atoms. The van der Waals surface area contributed by atoms with Gasteiger partial charge in [0.1, 0.15) is 11.7 Å². The predicted molar refractivity (Wildman–Crippen MR) is 69.9 cm³/mol. The number of nitrogens with zero attached hydrogens (tertiary/aromatic N) is 2. The summed E-state index contributed by atoms with van der Waals surface area (Å²) in [5, 5.41) is 7.64. The number of hydrogen-bond acceptors (Lipinski definition) is 4. The molecule has 5 nitrogen and oxygen atoms in total. The van der Waals surface area contributed by atoms with Crippen molar-refractivity contribution in [3.63, 3.8) is 0 Å². The Morgan fingerprint density at radius 2 is 2.18 bits per heavy atom. The Morgan fingerprint density at radius 1 is 1.53 bits per heavy atom. The quantitative estimate of drug-likeness (QED) is 0.592. The number of nitrogen functional groups attached to an aromatic ring is 1. The molecule has 0 saturated carbocycles. The van der Waals surface area contributed by atoms with Crippen molar-refractivity contribution in [3.8, 4) is 0 Å². The minimum absolute atomic E-state index is 0.0502. The molecule has 3 N–H and O–H groups in total. The highest BCUT2D eigenvalue weighted by Crippen LogP contribution is 2.20. The van der Waals surface area contributed by atoms with E-state index in [4.69, 9.17) is 15.9 Å². The lowest BCUT2D eigenvalue weighted by atomic mass is 10.1. The van der Waals surface area contributed by atoms with Crippen molar-refractivity contribution in [1.29, 1.82) is 5.41 Å². The van der Waals surface area contributed by atoms with Crippen molar-refractivity contribution in [2.45, 2.75) is 13.8 Å². The first-order valence-electron chi connectivity index (χ1n) is 5.50. The number of anilines is 1. The van der Waals surface area contributed by atoms with Crippen LogP contribution in [0.5, 0.6) is 0 Å². The zero-order chi connectivity index (χ0) is 13.0. The van der Waals surface area contributed by atoms with Crippen LogP contribution >= 0.6 is 0 Å². The van der Waals surface area contributed by atoms with Crippen LogP contribution in [-0.2, 0) is 4.74 Å². The second kappa shape index (κ2) is 5.63. The van der Waals surface area contributed by atoms with Gasteiger partial charge in [0.2, 0.25) is 0 Å². The summed E-state index contributed by atoms with van der Waals surface area (Å²) in [7, 11) is 3.58. The van der Waals surface area contributed by atoms with Crippen LogP contribution in [0.4, 0.5) is 5.82 Å². The summed E-state index contributed by atoms with van der Waals surface area (Å²) in [5.41, 5.74) is 8.22. The van der Waals surface area contributed by atoms with E-state index in [-0.39, 0.29) is 5.84 Å².